The quantitative estimate of drug-likeness (QED) is 0.631. The van der Waals surface area contributed by atoms with Crippen molar-refractivity contribution < 1.29 is 23.9 Å². The first-order valence-corrected chi connectivity index (χ1v) is 8.76. The third-order valence-electron chi connectivity index (χ3n) is 3.20. The molecule has 0 aliphatic heterocycles. The maximum atomic E-state index is 12.4. The van der Waals surface area contributed by atoms with Crippen LogP contribution in [0.25, 0.3) is 0 Å². The van der Waals surface area contributed by atoms with Crippen molar-refractivity contribution in [2.75, 3.05) is 12.4 Å². The lowest BCUT2D eigenvalue weighted by molar-refractivity contribution is 0.0597. The summed E-state index contributed by atoms with van der Waals surface area (Å²) in [5, 5.41) is 6.17. The van der Waals surface area contributed by atoms with Gasteiger partial charge in [-0.25, -0.2) is 9.59 Å². The number of thiophene rings is 1. The number of amides is 1. The number of ether oxygens (including phenoxy) is 2. The van der Waals surface area contributed by atoms with E-state index in [2.05, 4.69) is 15.0 Å². The predicted molar refractivity (Wildman–Crippen MR) is 97.8 cm³/mol. The number of aromatic nitrogens is 1. The number of anilines is 1. The molecule has 0 saturated carbocycles. The number of pyridine rings is 1. The van der Waals surface area contributed by atoms with E-state index in [-0.39, 0.29) is 23.5 Å². The molecule has 0 aliphatic carbocycles. The van der Waals surface area contributed by atoms with Gasteiger partial charge in [0.2, 0.25) is 0 Å². The predicted octanol–water partition coefficient (Wildman–Crippen LogP) is 3.70. The fourth-order valence-electron chi connectivity index (χ4n) is 2.04. The Hall–Kier alpha value is -2.74. The first kappa shape index (κ1) is 19.6. The molecule has 0 bridgehead atoms. The molecule has 7 nitrogen and oxygen atoms in total. The SMILES string of the molecule is COC(=O)c1ccc(C(=O)Cc2cscc2NC(=O)OC(C)(C)C)nc1. The van der Waals surface area contributed by atoms with Gasteiger partial charge in [-0.15, -0.1) is 11.3 Å². The largest absolute Gasteiger partial charge is 0.465 e. The van der Waals surface area contributed by atoms with E-state index >= 15 is 0 Å². The summed E-state index contributed by atoms with van der Waals surface area (Å²) in [5.41, 5.74) is 1.09. The van der Waals surface area contributed by atoms with Crippen molar-refractivity contribution in [2.45, 2.75) is 32.8 Å². The number of carbonyl (C=O) groups excluding carboxylic acids is 3. The molecule has 138 valence electrons. The topological polar surface area (TPSA) is 94.6 Å². The number of carbonyl (C=O) groups is 3. The van der Waals surface area contributed by atoms with Crippen LogP contribution in [0.1, 0.15) is 47.2 Å². The van der Waals surface area contributed by atoms with Crippen LogP contribution in [0.2, 0.25) is 0 Å². The third kappa shape index (κ3) is 5.38. The minimum absolute atomic E-state index is 0.0687. The van der Waals surface area contributed by atoms with Crippen molar-refractivity contribution >= 4 is 34.9 Å². The van der Waals surface area contributed by atoms with Gasteiger partial charge >= 0.3 is 12.1 Å². The highest BCUT2D eigenvalue weighted by Gasteiger charge is 2.19. The molecule has 0 aromatic carbocycles. The maximum absolute atomic E-state index is 12.4. The minimum Gasteiger partial charge on any atom is -0.465 e. The first-order valence-electron chi connectivity index (χ1n) is 7.82. The second-order valence-electron chi connectivity index (χ2n) is 6.46. The average Bonchev–Trinajstić information content (AvgIpc) is 2.99. The highest BCUT2D eigenvalue weighted by atomic mass is 32.1. The number of Topliss-reactive ketones (excluding diaryl/α,β-unsaturated/α-hetero) is 1. The van der Waals surface area contributed by atoms with Crippen molar-refractivity contribution in [2.24, 2.45) is 0 Å². The normalized spacial score (nSPS) is 10.9. The van der Waals surface area contributed by atoms with Gasteiger partial charge < -0.3 is 9.47 Å². The Bertz CT molecular complexity index is 806. The van der Waals surface area contributed by atoms with E-state index in [1.54, 1.807) is 31.5 Å². The fourth-order valence-corrected chi connectivity index (χ4v) is 2.83. The Labute approximate surface area is 155 Å². The van der Waals surface area contributed by atoms with Gasteiger partial charge in [-0.1, -0.05) is 0 Å². The van der Waals surface area contributed by atoms with Crippen LogP contribution >= 0.6 is 11.3 Å². The molecule has 2 heterocycles. The van der Waals surface area contributed by atoms with Crippen LogP contribution in [0.5, 0.6) is 0 Å². The zero-order valence-corrected chi connectivity index (χ0v) is 15.8. The van der Waals surface area contributed by atoms with Gasteiger partial charge in [-0.2, -0.15) is 0 Å². The third-order valence-corrected chi connectivity index (χ3v) is 3.99. The van der Waals surface area contributed by atoms with E-state index in [9.17, 15) is 14.4 Å². The smallest absolute Gasteiger partial charge is 0.412 e. The fraction of sp³-hybridized carbons (Fsp3) is 0.333. The van der Waals surface area contributed by atoms with Gasteiger partial charge in [-0.05, 0) is 43.8 Å². The summed E-state index contributed by atoms with van der Waals surface area (Å²) in [4.78, 5) is 39.7. The average molecular weight is 376 g/mol. The lowest BCUT2D eigenvalue weighted by Crippen LogP contribution is -2.27. The molecule has 0 atom stereocenters. The molecule has 2 aromatic heterocycles. The number of hydrogen-bond acceptors (Lipinski definition) is 7. The van der Waals surface area contributed by atoms with Crippen LogP contribution in [0, 0.1) is 0 Å². The van der Waals surface area contributed by atoms with Gasteiger partial charge in [0.15, 0.2) is 5.78 Å². The monoisotopic (exact) mass is 376 g/mol. The molecule has 0 saturated heterocycles. The van der Waals surface area contributed by atoms with Gasteiger partial charge in [0.05, 0.1) is 18.4 Å². The molecular weight excluding hydrogens is 356 g/mol. The highest BCUT2D eigenvalue weighted by Crippen LogP contribution is 2.23. The summed E-state index contributed by atoms with van der Waals surface area (Å²) < 4.78 is 9.81. The summed E-state index contributed by atoms with van der Waals surface area (Å²) in [6.07, 6.45) is 0.788. The molecular formula is C18H20N2O5S. The summed E-state index contributed by atoms with van der Waals surface area (Å²) >= 11 is 1.37. The molecule has 0 spiro atoms. The summed E-state index contributed by atoms with van der Waals surface area (Å²) in [6.45, 7) is 5.32. The van der Waals surface area contributed by atoms with Crippen molar-refractivity contribution in [1.82, 2.24) is 4.98 Å². The van der Waals surface area contributed by atoms with Crippen molar-refractivity contribution in [1.29, 1.82) is 0 Å². The molecule has 2 rings (SSSR count). The van der Waals surface area contributed by atoms with Crippen LogP contribution in [0.4, 0.5) is 10.5 Å². The van der Waals surface area contributed by atoms with Crippen LogP contribution in [0.15, 0.2) is 29.1 Å². The highest BCUT2D eigenvalue weighted by molar-refractivity contribution is 7.08. The van der Waals surface area contributed by atoms with Gasteiger partial charge in [0.1, 0.15) is 11.3 Å². The van der Waals surface area contributed by atoms with Crippen molar-refractivity contribution in [3.05, 3.63) is 45.9 Å². The Balaban J connectivity index is 2.05. The zero-order valence-electron chi connectivity index (χ0n) is 15.0. The Morgan fingerprint density at radius 1 is 1.19 bits per heavy atom. The van der Waals surface area contributed by atoms with Crippen LogP contribution in [-0.2, 0) is 15.9 Å². The van der Waals surface area contributed by atoms with E-state index < -0.39 is 17.7 Å². The van der Waals surface area contributed by atoms with Crippen LogP contribution in [-0.4, -0.2) is 35.5 Å². The summed E-state index contributed by atoms with van der Waals surface area (Å²) in [7, 11) is 1.27. The second-order valence-corrected chi connectivity index (χ2v) is 7.20. The van der Waals surface area contributed by atoms with Gasteiger partial charge in [0, 0.05) is 18.0 Å². The number of methoxy groups -OCH3 is 1. The Kier molecular flexibility index (Phi) is 6.10. The lowest BCUT2D eigenvalue weighted by atomic mass is 10.1. The minimum atomic E-state index is -0.610. The van der Waals surface area contributed by atoms with Crippen LogP contribution in [0.3, 0.4) is 0 Å². The molecule has 0 unspecified atom stereocenters. The molecule has 0 aliphatic rings. The molecule has 0 radical (unpaired) electrons. The zero-order chi connectivity index (χ0) is 19.3. The summed E-state index contributed by atoms with van der Waals surface area (Å²) in [5.74, 6) is -0.745. The number of rotatable bonds is 5. The number of ketones is 1. The standard InChI is InChI=1S/C18H20N2O5S/c1-18(2,3)25-17(23)20-14-10-26-9-12(14)7-15(21)13-6-5-11(8-19-13)16(22)24-4/h5-6,8-10H,7H2,1-4H3,(H,20,23). The van der Waals surface area contributed by atoms with E-state index in [0.29, 0.717) is 11.3 Å². The number of nitrogens with one attached hydrogen (secondary N) is 1. The maximum Gasteiger partial charge on any atom is 0.412 e. The molecule has 2 aromatic rings. The number of esters is 1. The second kappa shape index (κ2) is 8.09. The lowest BCUT2D eigenvalue weighted by Gasteiger charge is -2.19. The molecule has 8 heteroatoms. The molecule has 26 heavy (non-hydrogen) atoms. The molecule has 0 fully saturated rings. The van der Waals surface area contributed by atoms with Crippen molar-refractivity contribution in [3.63, 3.8) is 0 Å². The Morgan fingerprint density at radius 3 is 2.50 bits per heavy atom. The van der Waals surface area contributed by atoms with E-state index in [0.717, 1.165) is 0 Å². The van der Waals surface area contributed by atoms with E-state index in [1.165, 1.54) is 36.8 Å². The van der Waals surface area contributed by atoms with Gasteiger partial charge in [0.25, 0.3) is 0 Å². The Morgan fingerprint density at radius 2 is 1.92 bits per heavy atom. The van der Waals surface area contributed by atoms with E-state index in [4.69, 9.17) is 4.74 Å². The molecule has 1 amide bonds. The molecule has 1 N–H and O–H groups in total. The van der Waals surface area contributed by atoms with Crippen LogP contribution < -0.4 is 5.32 Å². The number of hydrogen-bond donors (Lipinski definition) is 1. The summed E-state index contributed by atoms with van der Waals surface area (Å²) in [6, 6.07) is 2.96. The van der Waals surface area contributed by atoms with Crippen molar-refractivity contribution in [3.8, 4) is 0 Å². The van der Waals surface area contributed by atoms with Gasteiger partial charge in [-0.3, -0.25) is 15.1 Å². The van der Waals surface area contributed by atoms with E-state index in [1.807, 2.05) is 0 Å². The first-order chi connectivity index (χ1) is 12.2. The number of nitrogens with zero attached hydrogens (tertiary/aromatic N) is 1.